The van der Waals surface area contributed by atoms with E-state index in [1.807, 2.05) is 0 Å². The standard InChI is InChI=1S/C35H71NO5/c1-4-6-7-8-9-10-11-12-15-19-22-25-28-33(39)35(41)36-31(29-37)34(40)32(38)27-24-21-18-16-13-14-17-20-23-26-30(3)5-2/h30-34,37-40H,4-29H2,1-3H3,(H,36,41). The minimum atomic E-state index is -1.25. The molecule has 246 valence electrons. The molecule has 0 aliphatic heterocycles. The van der Waals surface area contributed by atoms with Crippen molar-refractivity contribution < 1.29 is 25.2 Å². The highest BCUT2D eigenvalue weighted by Gasteiger charge is 2.28. The van der Waals surface area contributed by atoms with Crippen LogP contribution in [-0.2, 0) is 4.79 Å². The number of hydrogen-bond donors (Lipinski definition) is 5. The maximum Gasteiger partial charge on any atom is 0.249 e. The third-order valence-electron chi connectivity index (χ3n) is 8.86. The highest BCUT2D eigenvalue weighted by Crippen LogP contribution is 2.17. The SMILES string of the molecule is CCCCCCCCCCCCCCC(O)C(=O)NC(CO)C(O)C(O)CCCCCCCCCCCC(C)CC. The Hall–Kier alpha value is -0.690. The van der Waals surface area contributed by atoms with Crippen LogP contribution in [0.4, 0.5) is 0 Å². The Morgan fingerprint density at radius 3 is 1.39 bits per heavy atom. The molecule has 0 bridgehead atoms. The van der Waals surface area contributed by atoms with Crippen LogP contribution in [0, 0.1) is 5.92 Å². The zero-order valence-electron chi connectivity index (χ0n) is 27.5. The monoisotopic (exact) mass is 586 g/mol. The Morgan fingerprint density at radius 1 is 0.585 bits per heavy atom. The van der Waals surface area contributed by atoms with Gasteiger partial charge in [0.05, 0.1) is 18.8 Å². The van der Waals surface area contributed by atoms with Crippen LogP contribution in [0.5, 0.6) is 0 Å². The molecule has 0 saturated carbocycles. The molecule has 0 aliphatic carbocycles. The molecule has 1 amide bonds. The zero-order chi connectivity index (χ0) is 30.6. The van der Waals surface area contributed by atoms with Gasteiger partial charge in [0.1, 0.15) is 12.2 Å². The van der Waals surface area contributed by atoms with Crippen LogP contribution in [0.1, 0.15) is 181 Å². The summed E-state index contributed by atoms with van der Waals surface area (Å²) in [5.41, 5.74) is 0. The van der Waals surface area contributed by atoms with E-state index in [4.69, 9.17) is 0 Å². The first-order valence-electron chi connectivity index (χ1n) is 17.8. The summed E-state index contributed by atoms with van der Waals surface area (Å²) in [4.78, 5) is 12.4. The van der Waals surface area contributed by atoms with E-state index in [1.54, 1.807) is 0 Å². The smallest absolute Gasteiger partial charge is 0.249 e. The Morgan fingerprint density at radius 2 is 0.976 bits per heavy atom. The molecular weight excluding hydrogens is 514 g/mol. The summed E-state index contributed by atoms with van der Waals surface area (Å²) in [6.07, 6.45) is 25.4. The van der Waals surface area contributed by atoms with Gasteiger partial charge in [-0.2, -0.15) is 0 Å². The average Bonchev–Trinajstić information content (AvgIpc) is 2.98. The third-order valence-corrected chi connectivity index (χ3v) is 8.86. The number of hydrogen-bond acceptors (Lipinski definition) is 5. The van der Waals surface area contributed by atoms with Gasteiger partial charge in [0.15, 0.2) is 0 Å². The summed E-state index contributed by atoms with van der Waals surface area (Å²) in [7, 11) is 0. The highest BCUT2D eigenvalue weighted by atomic mass is 16.3. The van der Waals surface area contributed by atoms with E-state index >= 15 is 0 Å². The molecule has 6 heteroatoms. The summed E-state index contributed by atoms with van der Waals surface area (Å²) in [5.74, 6) is 0.270. The first-order valence-corrected chi connectivity index (χ1v) is 17.8. The van der Waals surface area contributed by atoms with Gasteiger partial charge < -0.3 is 25.7 Å². The van der Waals surface area contributed by atoms with Crippen molar-refractivity contribution in [1.29, 1.82) is 0 Å². The summed E-state index contributed by atoms with van der Waals surface area (Å²) >= 11 is 0. The second-order valence-corrected chi connectivity index (χ2v) is 12.8. The molecule has 5 atom stereocenters. The minimum Gasteiger partial charge on any atom is -0.394 e. The van der Waals surface area contributed by atoms with Crippen LogP contribution in [0.25, 0.3) is 0 Å². The van der Waals surface area contributed by atoms with Crippen LogP contribution in [0.15, 0.2) is 0 Å². The number of nitrogens with one attached hydrogen (secondary N) is 1. The van der Waals surface area contributed by atoms with Crippen molar-refractivity contribution in [1.82, 2.24) is 5.32 Å². The number of carbonyl (C=O) groups excluding carboxylic acids is 1. The Bertz CT molecular complexity index is 561. The maximum atomic E-state index is 12.4. The molecule has 0 rings (SSSR count). The van der Waals surface area contributed by atoms with Gasteiger partial charge in [0.2, 0.25) is 5.91 Å². The lowest BCUT2D eigenvalue weighted by atomic mass is 9.98. The number of carbonyl (C=O) groups is 1. The van der Waals surface area contributed by atoms with Crippen molar-refractivity contribution in [2.45, 2.75) is 206 Å². The second-order valence-electron chi connectivity index (χ2n) is 12.8. The third kappa shape index (κ3) is 24.4. The molecule has 5 N–H and O–H groups in total. The molecule has 0 aromatic heterocycles. The molecule has 41 heavy (non-hydrogen) atoms. The van der Waals surface area contributed by atoms with Crippen molar-refractivity contribution in [2.75, 3.05) is 6.61 Å². The molecule has 0 aliphatic rings. The minimum absolute atomic E-state index is 0.373. The van der Waals surface area contributed by atoms with Crippen molar-refractivity contribution >= 4 is 5.91 Å². The van der Waals surface area contributed by atoms with E-state index in [0.717, 1.165) is 44.4 Å². The van der Waals surface area contributed by atoms with Crippen LogP contribution in [0.3, 0.4) is 0 Å². The summed E-state index contributed by atoms with van der Waals surface area (Å²) in [6, 6.07) is -0.977. The van der Waals surface area contributed by atoms with Gasteiger partial charge in [0, 0.05) is 0 Å². The van der Waals surface area contributed by atoms with Gasteiger partial charge in [-0.25, -0.2) is 0 Å². The van der Waals surface area contributed by atoms with Gasteiger partial charge in [-0.1, -0.05) is 168 Å². The van der Waals surface area contributed by atoms with Gasteiger partial charge >= 0.3 is 0 Å². The Labute approximate surface area is 254 Å². The number of amides is 1. The van der Waals surface area contributed by atoms with Gasteiger partial charge in [-0.3, -0.25) is 4.79 Å². The van der Waals surface area contributed by atoms with Gasteiger partial charge in [-0.05, 0) is 18.8 Å². The second kappa shape index (κ2) is 29.4. The Balaban J connectivity index is 3.84. The highest BCUT2D eigenvalue weighted by molar-refractivity contribution is 5.80. The predicted octanol–water partition coefficient (Wildman–Crippen LogP) is 7.97. The van der Waals surface area contributed by atoms with Crippen molar-refractivity contribution in [3.05, 3.63) is 0 Å². The number of aliphatic hydroxyl groups excluding tert-OH is 4. The molecule has 0 saturated heterocycles. The summed E-state index contributed by atoms with van der Waals surface area (Å²) in [5, 5.41) is 43.4. The fourth-order valence-electron chi connectivity index (χ4n) is 5.55. The molecule has 0 aromatic carbocycles. The first-order chi connectivity index (χ1) is 19.9. The lowest BCUT2D eigenvalue weighted by molar-refractivity contribution is -0.132. The van der Waals surface area contributed by atoms with Crippen LogP contribution in [-0.4, -0.2) is 57.3 Å². The normalized spacial score (nSPS) is 15.4. The molecule has 0 spiro atoms. The topological polar surface area (TPSA) is 110 Å². The van der Waals surface area contributed by atoms with E-state index in [9.17, 15) is 25.2 Å². The molecule has 0 heterocycles. The molecule has 0 fully saturated rings. The fraction of sp³-hybridized carbons (Fsp3) is 0.971. The molecular formula is C35H71NO5. The number of aliphatic hydroxyl groups is 4. The lowest BCUT2D eigenvalue weighted by Crippen LogP contribution is -2.53. The molecule has 0 aromatic rings. The number of rotatable bonds is 31. The van der Waals surface area contributed by atoms with E-state index in [-0.39, 0.29) is 0 Å². The van der Waals surface area contributed by atoms with Gasteiger partial charge in [0.25, 0.3) is 0 Å². The maximum absolute atomic E-state index is 12.4. The molecule has 0 radical (unpaired) electrons. The molecule has 5 unspecified atom stereocenters. The predicted molar refractivity (Wildman–Crippen MR) is 173 cm³/mol. The van der Waals surface area contributed by atoms with Crippen LogP contribution < -0.4 is 5.32 Å². The van der Waals surface area contributed by atoms with E-state index < -0.39 is 36.9 Å². The van der Waals surface area contributed by atoms with Crippen molar-refractivity contribution in [3.63, 3.8) is 0 Å². The molecule has 6 nitrogen and oxygen atoms in total. The number of unbranched alkanes of at least 4 members (excludes halogenated alkanes) is 19. The largest absolute Gasteiger partial charge is 0.394 e. The van der Waals surface area contributed by atoms with Crippen molar-refractivity contribution in [3.8, 4) is 0 Å². The van der Waals surface area contributed by atoms with E-state index in [0.29, 0.717) is 12.8 Å². The fourth-order valence-corrected chi connectivity index (χ4v) is 5.55. The average molecular weight is 586 g/mol. The quantitative estimate of drug-likeness (QED) is 0.0530. The van der Waals surface area contributed by atoms with E-state index in [2.05, 4.69) is 26.1 Å². The van der Waals surface area contributed by atoms with Crippen LogP contribution >= 0.6 is 0 Å². The van der Waals surface area contributed by atoms with Gasteiger partial charge in [-0.15, -0.1) is 0 Å². The zero-order valence-corrected chi connectivity index (χ0v) is 27.5. The lowest BCUT2D eigenvalue weighted by Gasteiger charge is -2.27. The van der Waals surface area contributed by atoms with Crippen molar-refractivity contribution in [2.24, 2.45) is 5.92 Å². The van der Waals surface area contributed by atoms with Crippen LogP contribution in [0.2, 0.25) is 0 Å². The Kier molecular flexibility index (Phi) is 28.9. The summed E-state index contributed by atoms with van der Waals surface area (Å²) < 4.78 is 0. The summed E-state index contributed by atoms with van der Waals surface area (Å²) in [6.45, 7) is 6.37. The van der Waals surface area contributed by atoms with E-state index in [1.165, 1.54) is 109 Å². The first kappa shape index (κ1) is 40.3.